The third-order valence-corrected chi connectivity index (χ3v) is 2.49. The molecule has 0 heterocycles. The second-order valence-electron chi connectivity index (χ2n) is 3.24. The van der Waals surface area contributed by atoms with E-state index in [0.717, 1.165) is 5.56 Å². The van der Waals surface area contributed by atoms with E-state index >= 15 is 0 Å². The summed E-state index contributed by atoms with van der Waals surface area (Å²) < 4.78 is 5.26. The molecule has 16 heavy (non-hydrogen) atoms. The van der Waals surface area contributed by atoms with E-state index in [1.54, 1.807) is 20.1 Å². The lowest BCUT2D eigenvalue weighted by Crippen LogP contribution is -2.28. The molecular weight excluding hydrogens is 224 g/mol. The SMILES string of the molecule is CC#CCC(NN)c1ccc(Cl)cc1OC. The molecule has 0 amide bonds. The van der Waals surface area contributed by atoms with Crippen LogP contribution in [0.3, 0.4) is 0 Å². The van der Waals surface area contributed by atoms with E-state index in [2.05, 4.69) is 17.3 Å². The second kappa shape index (κ2) is 6.39. The summed E-state index contributed by atoms with van der Waals surface area (Å²) in [5, 5.41) is 0.637. The lowest BCUT2D eigenvalue weighted by atomic mass is 10.0. The quantitative estimate of drug-likeness (QED) is 0.481. The van der Waals surface area contributed by atoms with Crippen molar-refractivity contribution in [3.8, 4) is 17.6 Å². The van der Waals surface area contributed by atoms with Crippen molar-refractivity contribution >= 4 is 11.6 Å². The van der Waals surface area contributed by atoms with Crippen LogP contribution in [0, 0.1) is 11.8 Å². The maximum absolute atomic E-state index is 5.89. The van der Waals surface area contributed by atoms with E-state index in [1.165, 1.54) is 0 Å². The molecule has 0 saturated heterocycles. The van der Waals surface area contributed by atoms with Crippen molar-refractivity contribution in [1.29, 1.82) is 0 Å². The molecular formula is C12H15ClN2O. The van der Waals surface area contributed by atoms with Crippen molar-refractivity contribution < 1.29 is 4.74 Å². The molecule has 0 aromatic heterocycles. The normalized spacial score (nSPS) is 11.5. The maximum Gasteiger partial charge on any atom is 0.125 e. The van der Waals surface area contributed by atoms with Crippen LogP contribution in [0.25, 0.3) is 0 Å². The molecule has 3 N–H and O–H groups in total. The van der Waals surface area contributed by atoms with Gasteiger partial charge in [-0.2, -0.15) is 0 Å². The first-order chi connectivity index (χ1) is 7.72. The molecule has 1 rings (SSSR count). The third kappa shape index (κ3) is 3.14. The number of hydrogen-bond donors (Lipinski definition) is 2. The summed E-state index contributed by atoms with van der Waals surface area (Å²) in [6.45, 7) is 1.80. The number of hydrogen-bond acceptors (Lipinski definition) is 3. The van der Waals surface area contributed by atoms with Crippen LogP contribution in [0.2, 0.25) is 5.02 Å². The molecule has 86 valence electrons. The average molecular weight is 239 g/mol. The molecule has 0 saturated carbocycles. The van der Waals surface area contributed by atoms with Crippen molar-refractivity contribution in [2.24, 2.45) is 5.84 Å². The minimum absolute atomic E-state index is 0.0559. The summed E-state index contributed by atoms with van der Waals surface area (Å²) in [6.07, 6.45) is 0.630. The van der Waals surface area contributed by atoms with E-state index in [0.29, 0.717) is 17.2 Å². The highest BCUT2D eigenvalue weighted by atomic mass is 35.5. The topological polar surface area (TPSA) is 47.3 Å². The Balaban J connectivity index is 3.02. The first-order valence-corrected chi connectivity index (χ1v) is 5.30. The predicted molar refractivity (Wildman–Crippen MR) is 66.1 cm³/mol. The van der Waals surface area contributed by atoms with Gasteiger partial charge in [-0.05, 0) is 19.1 Å². The largest absolute Gasteiger partial charge is 0.496 e. The molecule has 1 atom stereocenters. The van der Waals surface area contributed by atoms with Gasteiger partial charge in [0.05, 0.1) is 13.2 Å². The second-order valence-corrected chi connectivity index (χ2v) is 3.67. The van der Waals surface area contributed by atoms with Gasteiger partial charge >= 0.3 is 0 Å². The van der Waals surface area contributed by atoms with E-state index in [1.807, 2.05) is 12.1 Å². The van der Waals surface area contributed by atoms with Gasteiger partial charge in [0.1, 0.15) is 5.75 Å². The molecule has 0 aliphatic heterocycles. The molecule has 1 unspecified atom stereocenters. The summed E-state index contributed by atoms with van der Waals surface area (Å²) >= 11 is 5.89. The lowest BCUT2D eigenvalue weighted by Gasteiger charge is -2.17. The third-order valence-electron chi connectivity index (χ3n) is 2.26. The number of nitrogens with two attached hydrogens (primary N) is 1. The minimum Gasteiger partial charge on any atom is -0.496 e. The molecule has 1 aromatic carbocycles. The Kier molecular flexibility index (Phi) is 5.13. The van der Waals surface area contributed by atoms with Crippen LogP contribution in [-0.2, 0) is 0 Å². The predicted octanol–water partition coefficient (Wildman–Crippen LogP) is 2.27. The van der Waals surface area contributed by atoms with Crippen molar-refractivity contribution in [3.63, 3.8) is 0 Å². The molecule has 4 heteroatoms. The molecule has 0 bridgehead atoms. The molecule has 0 aliphatic rings. The Bertz CT molecular complexity index is 409. The van der Waals surface area contributed by atoms with Gasteiger partial charge in [0.25, 0.3) is 0 Å². The van der Waals surface area contributed by atoms with Crippen LogP contribution in [0.15, 0.2) is 18.2 Å². The zero-order chi connectivity index (χ0) is 12.0. The fourth-order valence-electron chi connectivity index (χ4n) is 1.44. The van der Waals surface area contributed by atoms with Crippen molar-refractivity contribution in [2.45, 2.75) is 19.4 Å². The summed E-state index contributed by atoms with van der Waals surface area (Å²) in [5.74, 6) is 12.0. The van der Waals surface area contributed by atoms with E-state index in [4.69, 9.17) is 22.2 Å². The van der Waals surface area contributed by atoms with Crippen LogP contribution in [0.4, 0.5) is 0 Å². The Morgan fingerprint density at radius 2 is 2.31 bits per heavy atom. The molecule has 0 aliphatic carbocycles. The lowest BCUT2D eigenvalue weighted by molar-refractivity contribution is 0.400. The fraction of sp³-hybridized carbons (Fsp3) is 0.333. The highest BCUT2D eigenvalue weighted by molar-refractivity contribution is 6.30. The van der Waals surface area contributed by atoms with E-state index in [-0.39, 0.29) is 6.04 Å². The van der Waals surface area contributed by atoms with Crippen molar-refractivity contribution in [2.75, 3.05) is 7.11 Å². The summed E-state index contributed by atoms with van der Waals surface area (Å²) in [6, 6.07) is 5.41. The van der Waals surface area contributed by atoms with Gasteiger partial charge in [0.15, 0.2) is 0 Å². The fourth-order valence-corrected chi connectivity index (χ4v) is 1.60. The number of rotatable bonds is 4. The van der Waals surface area contributed by atoms with Gasteiger partial charge in [0, 0.05) is 17.0 Å². The number of ether oxygens (including phenoxy) is 1. The first kappa shape index (κ1) is 12.9. The Morgan fingerprint density at radius 3 is 2.88 bits per heavy atom. The van der Waals surface area contributed by atoms with E-state index in [9.17, 15) is 0 Å². The Morgan fingerprint density at radius 1 is 1.56 bits per heavy atom. The standard InChI is InChI=1S/C12H15ClN2O/c1-3-4-5-11(15-14)10-7-6-9(13)8-12(10)16-2/h6-8,11,15H,5,14H2,1-2H3. The number of benzene rings is 1. The number of hydrazine groups is 1. The van der Waals surface area contributed by atoms with Crippen LogP contribution in [-0.4, -0.2) is 7.11 Å². The monoisotopic (exact) mass is 238 g/mol. The van der Waals surface area contributed by atoms with Gasteiger partial charge in [-0.3, -0.25) is 11.3 Å². The zero-order valence-electron chi connectivity index (χ0n) is 9.38. The van der Waals surface area contributed by atoms with Gasteiger partial charge < -0.3 is 4.74 Å². The molecule has 1 aromatic rings. The highest BCUT2D eigenvalue weighted by Gasteiger charge is 2.13. The van der Waals surface area contributed by atoms with Gasteiger partial charge in [-0.25, -0.2) is 0 Å². The minimum atomic E-state index is -0.0559. The van der Waals surface area contributed by atoms with Crippen LogP contribution < -0.4 is 16.0 Å². The van der Waals surface area contributed by atoms with Gasteiger partial charge in [-0.15, -0.1) is 11.8 Å². The molecule has 0 radical (unpaired) electrons. The van der Waals surface area contributed by atoms with Gasteiger partial charge in [0.2, 0.25) is 0 Å². The highest BCUT2D eigenvalue weighted by Crippen LogP contribution is 2.29. The maximum atomic E-state index is 5.89. The van der Waals surface area contributed by atoms with Crippen LogP contribution in [0.5, 0.6) is 5.75 Å². The van der Waals surface area contributed by atoms with Crippen LogP contribution in [0.1, 0.15) is 24.9 Å². The smallest absolute Gasteiger partial charge is 0.125 e. The first-order valence-electron chi connectivity index (χ1n) is 4.92. The summed E-state index contributed by atoms with van der Waals surface area (Å²) in [7, 11) is 1.61. The molecule has 0 fully saturated rings. The molecule has 0 spiro atoms. The van der Waals surface area contributed by atoms with Crippen molar-refractivity contribution in [1.82, 2.24) is 5.43 Å². The van der Waals surface area contributed by atoms with Gasteiger partial charge in [-0.1, -0.05) is 17.7 Å². The van der Waals surface area contributed by atoms with Crippen molar-refractivity contribution in [3.05, 3.63) is 28.8 Å². The molecule has 3 nitrogen and oxygen atoms in total. The average Bonchev–Trinajstić information content (AvgIpc) is 2.31. The van der Waals surface area contributed by atoms with Crippen LogP contribution >= 0.6 is 11.6 Å². The van der Waals surface area contributed by atoms with E-state index < -0.39 is 0 Å². The summed E-state index contributed by atoms with van der Waals surface area (Å²) in [5.41, 5.74) is 3.68. The number of halogens is 1. The Labute approximate surface area is 101 Å². The number of methoxy groups -OCH3 is 1. The zero-order valence-corrected chi connectivity index (χ0v) is 10.1. The summed E-state index contributed by atoms with van der Waals surface area (Å²) in [4.78, 5) is 0. The number of nitrogens with one attached hydrogen (secondary N) is 1. The Hall–Kier alpha value is -1.21.